The van der Waals surface area contributed by atoms with Gasteiger partial charge in [-0.3, -0.25) is 20.0 Å². The molecule has 1 heterocycles. The predicted octanol–water partition coefficient (Wildman–Crippen LogP) is 5.34. The molecule has 0 saturated heterocycles. The number of nitro benzene ring substituents is 1. The Morgan fingerprint density at radius 1 is 1.20 bits per heavy atom. The van der Waals surface area contributed by atoms with Gasteiger partial charge in [0.25, 0.3) is 11.6 Å². The number of anilines is 1. The molecular formula is C18H12ClF3N4O4. The third-order valence-electron chi connectivity index (χ3n) is 3.84. The van der Waals surface area contributed by atoms with Crippen LogP contribution in [-0.4, -0.2) is 21.0 Å². The zero-order chi connectivity index (χ0) is 22.1. The minimum absolute atomic E-state index is 0.0271. The third-order valence-corrected chi connectivity index (χ3v) is 4.27. The van der Waals surface area contributed by atoms with E-state index >= 15 is 0 Å². The van der Waals surface area contributed by atoms with Gasteiger partial charge in [-0.05, 0) is 30.7 Å². The number of nitrogens with one attached hydrogen (secondary N) is 2. The maximum atomic E-state index is 12.6. The van der Waals surface area contributed by atoms with E-state index in [9.17, 15) is 28.1 Å². The number of rotatable bonds is 5. The van der Waals surface area contributed by atoms with E-state index in [1.807, 2.05) is 0 Å². The lowest BCUT2D eigenvalue weighted by Crippen LogP contribution is -2.12. The van der Waals surface area contributed by atoms with E-state index in [-0.39, 0.29) is 11.4 Å². The molecule has 8 nitrogen and oxygen atoms in total. The van der Waals surface area contributed by atoms with Gasteiger partial charge in [-0.1, -0.05) is 11.6 Å². The summed E-state index contributed by atoms with van der Waals surface area (Å²) >= 11 is 5.95. The van der Waals surface area contributed by atoms with Gasteiger partial charge < -0.3 is 10.1 Å². The molecule has 0 aliphatic rings. The van der Waals surface area contributed by atoms with E-state index in [2.05, 4.69) is 10.4 Å². The molecule has 12 heteroatoms. The number of aromatic amines is 1. The fourth-order valence-corrected chi connectivity index (χ4v) is 2.53. The Morgan fingerprint density at radius 2 is 1.93 bits per heavy atom. The average molecular weight is 441 g/mol. The van der Waals surface area contributed by atoms with Gasteiger partial charge in [0, 0.05) is 23.2 Å². The fraction of sp³-hybridized carbons (Fsp3) is 0.111. The number of carbonyl (C=O) groups excluding carboxylic acids is 1. The second kappa shape index (κ2) is 8.03. The Balaban J connectivity index is 1.87. The van der Waals surface area contributed by atoms with Crippen molar-refractivity contribution in [1.82, 2.24) is 10.2 Å². The Kier molecular flexibility index (Phi) is 5.65. The molecule has 0 radical (unpaired) electrons. The molecule has 3 rings (SSSR count). The van der Waals surface area contributed by atoms with Gasteiger partial charge >= 0.3 is 6.18 Å². The topological polar surface area (TPSA) is 110 Å². The first-order valence-electron chi connectivity index (χ1n) is 8.20. The van der Waals surface area contributed by atoms with Crippen molar-refractivity contribution in [3.63, 3.8) is 0 Å². The lowest BCUT2D eigenvalue weighted by molar-refractivity contribution is -0.384. The SMILES string of the molecule is Cc1cc(Oc2cc(NC(=O)c3cc(C(F)(F)F)[nH]n3)cc([N+](=O)[O-])c2)ccc1Cl. The van der Waals surface area contributed by atoms with Crippen LogP contribution in [0.25, 0.3) is 0 Å². The summed E-state index contributed by atoms with van der Waals surface area (Å²) < 4.78 is 43.5. The highest BCUT2D eigenvalue weighted by Crippen LogP contribution is 2.32. The summed E-state index contributed by atoms with van der Waals surface area (Å²) in [5.74, 6) is -0.619. The maximum absolute atomic E-state index is 12.6. The molecule has 0 spiro atoms. The van der Waals surface area contributed by atoms with Crippen molar-refractivity contribution in [3.05, 3.63) is 74.6 Å². The van der Waals surface area contributed by atoms with Gasteiger partial charge in [-0.25, -0.2) is 0 Å². The summed E-state index contributed by atoms with van der Waals surface area (Å²) in [6.07, 6.45) is -4.70. The van der Waals surface area contributed by atoms with E-state index < -0.39 is 34.1 Å². The minimum atomic E-state index is -4.70. The number of H-pyrrole nitrogens is 1. The van der Waals surface area contributed by atoms with Crippen LogP contribution in [0.5, 0.6) is 11.5 Å². The van der Waals surface area contributed by atoms with Crippen molar-refractivity contribution in [3.8, 4) is 11.5 Å². The van der Waals surface area contributed by atoms with Gasteiger partial charge in [-0.15, -0.1) is 0 Å². The van der Waals surface area contributed by atoms with E-state index in [0.29, 0.717) is 22.4 Å². The van der Waals surface area contributed by atoms with Crippen molar-refractivity contribution in [2.24, 2.45) is 0 Å². The minimum Gasteiger partial charge on any atom is -0.457 e. The van der Waals surface area contributed by atoms with Gasteiger partial charge in [-0.2, -0.15) is 18.3 Å². The number of carbonyl (C=O) groups is 1. The van der Waals surface area contributed by atoms with Gasteiger partial charge in [0.05, 0.1) is 16.7 Å². The number of benzene rings is 2. The number of aryl methyl sites for hydroxylation is 1. The number of non-ortho nitro benzene ring substituents is 1. The van der Waals surface area contributed by atoms with Gasteiger partial charge in [0.1, 0.15) is 17.2 Å². The van der Waals surface area contributed by atoms with Crippen molar-refractivity contribution >= 4 is 28.9 Å². The number of amides is 1. The molecule has 30 heavy (non-hydrogen) atoms. The van der Waals surface area contributed by atoms with Crippen LogP contribution in [-0.2, 0) is 6.18 Å². The Morgan fingerprint density at radius 3 is 2.53 bits per heavy atom. The highest BCUT2D eigenvalue weighted by molar-refractivity contribution is 6.31. The van der Waals surface area contributed by atoms with E-state index in [1.165, 1.54) is 6.07 Å². The molecule has 0 bridgehead atoms. The Bertz CT molecular complexity index is 1130. The largest absolute Gasteiger partial charge is 0.457 e. The van der Waals surface area contributed by atoms with Gasteiger partial charge in [0.2, 0.25) is 0 Å². The molecule has 0 unspecified atom stereocenters. The van der Waals surface area contributed by atoms with Crippen LogP contribution >= 0.6 is 11.6 Å². The standard InChI is InChI=1S/C18H12ClF3N4O4/c1-9-4-12(2-3-14(9)19)30-13-6-10(5-11(7-13)26(28)29)23-17(27)15-8-16(25-24-15)18(20,21)22/h2-8H,1H3,(H,23,27)(H,24,25). The third kappa shape index (κ3) is 4.87. The van der Waals surface area contributed by atoms with Crippen molar-refractivity contribution < 1.29 is 27.6 Å². The van der Waals surface area contributed by atoms with E-state index in [1.54, 1.807) is 30.2 Å². The zero-order valence-corrected chi connectivity index (χ0v) is 15.8. The predicted molar refractivity (Wildman–Crippen MR) is 101 cm³/mol. The highest BCUT2D eigenvalue weighted by atomic mass is 35.5. The van der Waals surface area contributed by atoms with Crippen LogP contribution in [0.1, 0.15) is 21.7 Å². The molecule has 0 saturated carbocycles. The van der Waals surface area contributed by atoms with Crippen LogP contribution in [0.4, 0.5) is 24.5 Å². The Hall–Kier alpha value is -3.60. The Labute approximate surface area is 171 Å². The fourth-order valence-electron chi connectivity index (χ4n) is 2.41. The number of halogens is 4. The van der Waals surface area contributed by atoms with Crippen LogP contribution in [0.2, 0.25) is 5.02 Å². The number of hydrogen-bond donors (Lipinski definition) is 2. The number of nitrogens with zero attached hydrogens (tertiary/aromatic N) is 2. The van der Waals surface area contributed by atoms with E-state index in [0.717, 1.165) is 12.1 Å². The number of alkyl halides is 3. The number of nitro groups is 1. The molecular weight excluding hydrogens is 429 g/mol. The van der Waals surface area contributed by atoms with Crippen molar-refractivity contribution in [1.29, 1.82) is 0 Å². The number of hydrogen-bond acceptors (Lipinski definition) is 5. The molecule has 2 N–H and O–H groups in total. The molecule has 0 atom stereocenters. The normalized spacial score (nSPS) is 11.2. The first kappa shape index (κ1) is 21.1. The smallest absolute Gasteiger partial charge is 0.432 e. The highest BCUT2D eigenvalue weighted by Gasteiger charge is 2.33. The molecule has 3 aromatic rings. The molecule has 0 fully saturated rings. The quantitative estimate of drug-likeness (QED) is 0.411. The monoisotopic (exact) mass is 440 g/mol. The number of aromatic nitrogens is 2. The first-order valence-corrected chi connectivity index (χ1v) is 8.58. The number of ether oxygens (including phenoxy) is 1. The van der Waals surface area contributed by atoms with E-state index in [4.69, 9.17) is 16.3 Å². The van der Waals surface area contributed by atoms with Crippen molar-refractivity contribution in [2.45, 2.75) is 13.1 Å². The van der Waals surface area contributed by atoms with Crippen LogP contribution in [0.15, 0.2) is 42.5 Å². The summed E-state index contributed by atoms with van der Waals surface area (Å²) in [6, 6.07) is 8.73. The molecule has 2 aromatic carbocycles. The summed E-state index contributed by atoms with van der Waals surface area (Å²) in [5.41, 5.74) is -1.48. The summed E-state index contributed by atoms with van der Waals surface area (Å²) in [4.78, 5) is 22.7. The second-order valence-corrected chi connectivity index (χ2v) is 6.51. The first-order chi connectivity index (χ1) is 14.0. The zero-order valence-electron chi connectivity index (χ0n) is 15.1. The molecule has 0 aliphatic carbocycles. The lowest BCUT2D eigenvalue weighted by Gasteiger charge is -2.10. The van der Waals surface area contributed by atoms with Crippen molar-refractivity contribution in [2.75, 3.05) is 5.32 Å². The summed E-state index contributed by atoms with van der Waals surface area (Å²) in [7, 11) is 0. The molecule has 1 aromatic heterocycles. The average Bonchev–Trinajstić information content (AvgIpc) is 3.15. The maximum Gasteiger partial charge on any atom is 0.432 e. The van der Waals surface area contributed by atoms with Crippen LogP contribution in [0, 0.1) is 17.0 Å². The second-order valence-electron chi connectivity index (χ2n) is 6.10. The molecule has 0 aliphatic heterocycles. The van der Waals surface area contributed by atoms with Gasteiger partial charge in [0.15, 0.2) is 5.69 Å². The molecule has 156 valence electrons. The lowest BCUT2D eigenvalue weighted by atomic mass is 10.2. The van der Waals surface area contributed by atoms with Crippen LogP contribution in [0.3, 0.4) is 0 Å². The summed E-state index contributed by atoms with van der Waals surface area (Å²) in [5, 5.41) is 19.0. The summed E-state index contributed by atoms with van der Waals surface area (Å²) in [6.45, 7) is 1.74. The molecule has 1 amide bonds. The van der Waals surface area contributed by atoms with Crippen LogP contribution < -0.4 is 10.1 Å².